The summed E-state index contributed by atoms with van der Waals surface area (Å²) >= 11 is 5.90. The zero-order chi connectivity index (χ0) is 10.7. The highest BCUT2D eigenvalue weighted by Crippen LogP contribution is 2.26. The molecule has 0 aliphatic rings. The maximum Gasteiger partial charge on any atom is 0.323 e. The first kappa shape index (κ1) is 9.73. The number of nitrogens with zero attached hydrogens (tertiary/aromatic N) is 2. The molecule has 2 rings (SSSR count). The number of nitrogen functional groups attached to an aromatic ring is 1. The number of ether oxygens (including phenoxy) is 1. The van der Waals surface area contributed by atoms with Crippen molar-refractivity contribution in [2.75, 3.05) is 5.73 Å². The van der Waals surface area contributed by atoms with Crippen LogP contribution in [-0.2, 0) is 0 Å². The summed E-state index contributed by atoms with van der Waals surface area (Å²) in [7, 11) is 0. The van der Waals surface area contributed by atoms with Crippen molar-refractivity contribution in [3.8, 4) is 11.8 Å². The van der Waals surface area contributed by atoms with E-state index in [1.54, 1.807) is 18.2 Å². The molecule has 0 radical (unpaired) electrons. The highest BCUT2D eigenvalue weighted by molar-refractivity contribution is 6.32. The van der Waals surface area contributed by atoms with Crippen molar-refractivity contribution in [2.24, 2.45) is 0 Å². The molecule has 76 valence electrons. The molecule has 1 aromatic heterocycles. The van der Waals surface area contributed by atoms with Crippen molar-refractivity contribution in [1.82, 2.24) is 9.97 Å². The average molecular weight is 222 g/mol. The topological polar surface area (TPSA) is 61.0 Å². The van der Waals surface area contributed by atoms with E-state index >= 15 is 0 Å². The molecule has 0 amide bonds. The first-order valence-electron chi connectivity index (χ1n) is 4.26. The largest absolute Gasteiger partial charge is 0.423 e. The van der Waals surface area contributed by atoms with Crippen molar-refractivity contribution < 1.29 is 4.74 Å². The number of nitrogens with two attached hydrogens (primary N) is 1. The highest BCUT2D eigenvalue weighted by atomic mass is 35.5. The maximum absolute atomic E-state index is 5.90. The normalized spacial score (nSPS) is 9.93. The number of anilines is 1. The van der Waals surface area contributed by atoms with Gasteiger partial charge in [0.1, 0.15) is 11.6 Å². The molecule has 2 aromatic rings. The van der Waals surface area contributed by atoms with Gasteiger partial charge in [-0.05, 0) is 18.2 Å². The van der Waals surface area contributed by atoms with Crippen LogP contribution in [0.2, 0.25) is 5.02 Å². The molecular formula is C10H8ClN3O. The molecule has 0 aliphatic carbocycles. The van der Waals surface area contributed by atoms with Gasteiger partial charge in [0.05, 0.1) is 5.02 Å². The highest BCUT2D eigenvalue weighted by Gasteiger charge is 2.03. The van der Waals surface area contributed by atoms with Crippen molar-refractivity contribution in [2.45, 2.75) is 0 Å². The van der Waals surface area contributed by atoms with E-state index in [4.69, 9.17) is 22.1 Å². The minimum Gasteiger partial charge on any atom is -0.423 e. The lowest BCUT2D eigenvalue weighted by atomic mass is 10.3. The number of hydrogen-bond donors (Lipinski definition) is 1. The Balaban J connectivity index is 2.26. The molecule has 0 bridgehead atoms. The van der Waals surface area contributed by atoms with Gasteiger partial charge in [-0.1, -0.05) is 23.7 Å². The Bertz CT molecular complexity index is 476. The Morgan fingerprint density at radius 3 is 2.73 bits per heavy atom. The van der Waals surface area contributed by atoms with E-state index in [1.807, 2.05) is 12.1 Å². The number of rotatable bonds is 2. The van der Waals surface area contributed by atoms with Crippen molar-refractivity contribution in [1.29, 1.82) is 0 Å². The molecule has 5 heteroatoms. The first-order chi connectivity index (χ1) is 7.25. The van der Waals surface area contributed by atoms with E-state index in [-0.39, 0.29) is 6.01 Å². The Hall–Kier alpha value is -1.81. The molecule has 0 saturated carbocycles. The summed E-state index contributed by atoms with van der Waals surface area (Å²) in [5.41, 5.74) is 5.49. The smallest absolute Gasteiger partial charge is 0.323 e. The summed E-state index contributed by atoms with van der Waals surface area (Å²) in [5, 5.41) is 0.503. The van der Waals surface area contributed by atoms with Crippen LogP contribution in [0.4, 0.5) is 5.82 Å². The van der Waals surface area contributed by atoms with Gasteiger partial charge >= 0.3 is 6.01 Å². The van der Waals surface area contributed by atoms with E-state index < -0.39 is 0 Å². The van der Waals surface area contributed by atoms with Crippen LogP contribution in [0.3, 0.4) is 0 Å². The Morgan fingerprint density at radius 2 is 2.00 bits per heavy atom. The fraction of sp³-hybridized carbons (Fsp3) is 0. The summed E-state index contributed by atoms with van der Waals surface area (Å²) in [4.78, 5) is 7.80. The van der Waals surface area contributed by atoms with E-state index in [0.717, 1.165) is 0 Å². The summed E-state index contributed by atoms with van der Waals surface area (Å²) in [6.07, 6.45) is 1.52. The van der Waals surface area contributed by atoms with Gasteiger partial charge < -0.3 is 10.5 Å². The standard InChI is InChI=1S/C10H8ClN3O/c11-7-3-1-2-4-8(7)15-10-13-6-5-9(12)14-10/h1-6H,(H2,12,13,14). The number of para-hydroxylation sites is 1. The average Bonchev–Trinajstić information content (AvgIpc) is 2.22. The number of aromatic nitrogens is 2. The lowest BCUT2D eigenvalue weighted by Gasteiger charge is -2.04. The molecule has 0 fully saturated rings. The third-order valence-corrected chi connectivity index (χ3v) is 2.01. The predicted octanol–water partition coefficient (Wildman–Crippen LogP) is 2.50. The molecule has 4 nitrogen and oxygen atoms in total. The molecule has 0 unspecified atom stereocenters. The molecule has 0 atom stereocenters. The van der Waals surface area contributed by atoms with Gasteiger partial charge in [0.15, 0.2) is 0 Å². The minimum absolute atomic E-state index is 0.183. The van der Waals surface area contributed by atoms with Crippen molar-refractivity contribution in [3.05, 3.63) is 41.6 Å². The van der Waals surface area contributed by atoms with Gasteiger partial charge in [-0.15, -0.1) is 0 Å². The van der Waals surface area contributed by atoms with Crippen LogP contribution in [0.5, 0.6) is 11.8 Å². The number of benzene rings is 1. The quantitative estimate of drug-likeness (QED) is 0.847. The fourth-order valence-corrected chi connectivity index (χ4v) is 1.20. The second-order valence-electron chi connectivity index (χ2n) is 2.80. The molecule has 15 heavy (non-hydrogen) atoms. The molecule has 0 spiro atoms. The summed E-state index contributed by atoms with van der Waals surface area (Å²) < 4.78 is 5.36. The van der Waals surface area contributed by atoms with Crippen LogP contribution >= 0.6 is 11.6 Å². The van der Waals surface area contributed by atoms with Crippen molar-refractivity contribution >= 4 is 17.4 Å². The molecular weight excluding hydrogens is 214 g/mol. The first-order valence-corrected chi connectivity index (χ1v) is 4.64. The molecule has 0 saturated heterocycles. The third kappa shape index (κ3) is 2.35. The van der Waals surface area contributed by atoms with Crippen LogP contribution in [0.1, 0.15) is 0 Å². The lowest BCUT2D eigenvalue weighted by Crippen LogP contribution is -1.95. The van der Waals surface area contributed by atoms with E-state index in [9.17, 15) is 0 Å². The fourth-order valence-electron chi connectivity index (χ4n) is 1.03. The molecule has 1 aromatic carbocycles. The second-order valence-corrected chi connectivity index (χ2v) is 3.20. The summed E-state index contributed by atoms with van der Waals surface area (Å²) in [6, 6.07) is 8.85. The number of hydrogen-bond acceptors (Lipinski definition) is 4. The van der Waals surface area contributed by atoms with Crippen LogP contribution in [0.15, 0.2) is 36.5 Å². The van der Waals surface area contributed by atoms with Crippen LogP contribution in [-0.4, -0.2) is 9.97 Å². The van der Waals surface area contributed by atoms with E-state index in [0.29, 0.717) is 16.6 Å². The Labute approximate surface area is 91.7 Å². The van der Waals surface area contributed by atoms with Gasteiger partial charge in [-0.2, -0.15) is 4.98 Å². The third-order valence-electron chi connectivity index (χ3n) is 1.69. The molecule has 0 aliphatic heterocycles. The summed E-state index contributed by atoms with van der Waals surface area (Å²) in [6.45, 7) is 0. The van der Waals surface area contributed by atoms with Crippen LogP contribution in [0.25, 0.3) is 0 Å². The van der Waals surface area contributed by atoms with Crippen LogP contribution < -0.4 is 10.5 Å². The van der Waals surface area contributed by atoms with Gasteiger partial charge in [0.25, 0.3) is 0 Å². The van der Waals surface area contributed by atoms with Gasteiger partial charge in [0, 0.05) is 6.20 Å². The van der Waals surface area contributed by atoms with Crippen LogP contribution in [0, 0.1) is 0 Å². The van der Waals surface area contributed by atoms with E-state index in [2.05, 4.69) is 9.97 Å². The monoisotopic (exact) mass is 221 g/mol. The van der Waals surface area contributed by atoms with E-state index in [1.165, 1.54) is 6.20 Å². The number of halogens is 1. The van der Waals surface area contributed by atoms with Gasteiger partial charge in [0.2, 0.25) is 0 Å². The Morgan fingerprint density at radius 1 is 1.20 bits per heavy atom. The molecule has 2 N–H and O–H groups in total. The SMILES string of the molecule is Nc1ccnc(Oc2ccccc2Cl)n1. The zero-order valence-corrected chi connectivity index (χ0v) is 8.48. The van der Waals surface area contributed by atoms with Gasteiger partial charge in [-0.3, -0.25) is 0 Å². The van der Waals surface area contributed by atoms with Gasteiger partial charge in [-0.25, -0.2) is 4.98 Å². The second kappa shape index (κ2) is 4.14. The Kier molecular flexibility index (Phi) is 2.69. The minimum atomic E-state index is 0.183. The zero-order valence-electron chi connectivity index (χ0n) is 7.72. The predicted molar refractivity (Wildman–Crippen MR) is 58.0 cm³/mol. The lowest BCUT2D eigenvalue weighted by molar-refractivity contribution is 0.443. The molecule has 1 heterocycles. The maximum atomic E-state index is 5.90. The van der Waals surface area contributed by atoms with Crippen molar-refractivity contribution in [3.63, 3.8) is 0 Å². The summed E-state index contributed by atoms with van der Waals surface area (Å²) in [5.74, 6) is 0.858.